The van der Waals surface area contributed by atoms with Gasteiger partial charge in [0.25, 0.3) is 5.24 Å². The molecule has 1 N–H and O–H groups in total. The zero-order valence-corrected chi connectivity index (χ0v) is 13.1. The van der Waals surface area contributed by atoms with Crippen molar-refractivity contribution in [1.82, 2.24) is 0 Å². The molecule has 1 aliphatic heterocycles. The highest BCUT2D eigenvalue weighted by Crippen LogP contribution is 2.37. The summed E-state index contributed by atoms with van der Waals surface area (Å²) in [6.45, 7) is 6.94. The van der Waals surface area contributed by atoms with Gasteiger partial charge in [-0.05, 0) is 50.9 Å². The van der Waals surface area contributed by atoms with Gasteiger partial charge in [-0.1, -0.05) is 6.07 Å². The second-order valence-electron chi connectivity index (χ2n) is 6.02. The number of hydrogen-bond acceptors (Lipinski definition) is 4. The average Bonchev–Trinajstić information content (AvgIpc) is 2.56. The second-order valence-corrected chi connectivity index (χ2v) is 6.36. The Kier molecular flexibility index (Phi) is 4.19. The van der Waals surface area contributed by atoms with Crippen molar-refractivity contribution in [2.24, 2.45) is 0 Å². The van der Waals surface area contributed by atoms with Gasteiger partial charge >= 0.3 is 7.12 Å². The molecule has 0 radical (unpaired) electrons. The van der Waals surface area contributed by atoms with Crippen molar-refractivity contribution >= 4 is 29.4 Å². The standard InChI is InChI=1S/C14H17BClFO4/c1-13(2)14(3,4)21-15(20-13)10-8(7-18)5-6-9(11(10)17)12(16)19/h5-6,18H,7H2,1-4H3. The van der Waals surface area contributed by atoms with Crippen LogP contribution < -0.4 is 5.46 Å². The van der Waals surface area contributed by atoms with Crippen LogP contribution in [0.1, 0.15) is 43.6 Å². The summed E-state index contributed by atoms with van der Waals surface area (Å²) in [6, 6.07) is 2.68. The Morgan fingerprint density at radius 3 is 2.24 bits per heavy atom. The first kappa shape index (κ1) is 16.4. The van der Waals surface area contributed by atoms with E-state index >= 15 is 0 Å². The number of hydrogen-bond donors (Lipinski definition) is 1. The van der Waals surface area contributed by atoms with Crippen molar-refractivity contribution < 1.29 is 23.6 Å². The van der Waals surface area contributed by atoms with Gasteiger partial charge in [-0.15, -0.1) is 0 Å². The highest BCUT2D eigenvalue weighted by atomic mass is 35.5. The lowest BCUT2D eigenvalue weighted by atomic mass is 9.74. The quantitative estimate of drug-likeness (QED) is 0.685. The lowest BCUT2D eigenvalue weighted by Gasteiger charge is -2.32. The van der Waals surface area contributed by atoms with E-state index in [1.807, 2.05) is 27.7 Å². The van der Waals surface area contributed by atoms with Crippen LogP contribution >= 0.6 is 11.6 Å². The molecule has 114 valence electrons. The van der Waals surface area contributed by atoms with Crippen LogP contribution in [0.3, 0.4) is 0 Å². The summed E-state index contributed by atoms with van der Waals surface area (Å²) in [4.78, 5) is 11.3. The van der Waals surface area contributed by atoms with Gasteiger partial charge in [0.05, 0.1) is 23.4 Å². The molecule has 0 aromatic heterocycles. The van der Waals surface area contributed by atoms with Gasteiger partial charge in [0.1, 0.15) is 5.82 Å². The van der Waals surface area contributed by atoms with Crippen molar-refractivity contribution in [2.75, 3.05) is 0 Å². The molecular formula is C14H17BClFO4. The number of aliphatic hydroxyl groups excluding tert-OH is 1. The van der Waals surface area contributed by atoms with Gasteiger partial charge in [0.2, 0.25) is 0 Å². The summed E-state index contributed by atoms with van der Waals surface area (Å²) in [5, 5.41) is 8.49. The third-order valence-electron chi connectivity index (χ3n) is 4.14. The van der Waals surface area contributed by atoms with E-state index in [1.54, 1.807) is 0 Å². The number of rotatable bonds is 3. The summed E-state index contributed by atoms with van der Waals surface area (Å²) in [7, 11) is -1.01. The van der Waals surface area contributed by atoms with E-state index in [0.717, 1.165) is 0 Å². The molecule has 0 spiro atoms. The van der Waals surface area contributed by atoms with Crippen LogP contribution in [0.5, 0.6) is 0 Å². The minimum Gasteiger partial charge on any atom is -0.399 e. The molecule has 0 bridgehead atoms. The summed E-state index contributed by atoms with van der Waals surface area (Å²) in [6.07, 6.45) is 0. The minimum absolute atomic E-state index is 0.0163. The van der Waals surface area contributed by atoms with E-state index in [-0.39, 0.29) is 11.0 Å². The molecule has 1 heterocycles. The van der Waals surface area contributed by atoms with Crippen molar-refractivity contribution in [2.45, 2.75) is 45.5 Å². The summed E-state index contributed by atoms with van der Waals surface area (Å²) in [5.41, 5.74) is -1.26. The zero-order chi connectivity index (χ0) is 16.0. The number of aliphatic hydroxyl groups is 1. The lowest BCUT2D eigenvalue weighted by molar-refractivity contribution is 0.00578. The highest BCUT2D eigenvalue weighted by molar-refractivity contribution is 6.68. The molecule has 1 aromatic carbocycles. The van der Waals surface area contributed by atoms with E-state index < -0.39 is 36.0 Å². The van der Waals surface area contributed by atoms with E-state index in [0.29, 0.717) is 5.56 Å². The number of carbonyl (C=O) groups excluding carboxylic acids is 1. The van der Waals surface area contributed by atoms with E-state index in [4.69, 9.17) is 20.9 Å². The van der Waals surface area contributed by atoms with Gasteiger partial charge in [0.15, 0.2) is 0 Å². The van der Waals surface area contributed by atoms with E-state index in [9.17, 15) is 14.3 Å². The fourth-order valence-electron chi connectivity index (χ4n) is 2.14. The van der Waals surface area contributed by atoms with Crippen LogP contribution in [0.15, 0.2) is 12.1 Å². The maximum absolute atomic E-state index is 14.5. The SMILES string of the molecule is CC1(C)OB(c2c(CO)ccc(C(=O)Cl)c2F)OC1(C)C. The van der Waals surface area contributed by atoms with Gasteiger partial charge < -0.3 is 14.4 Å². The topological polar surface area (TPSA) is 55.8 Å². The van der Waals surface area contributed by atoms with Gasteiger partial charge in [-0.2, -0.15) is 0 Å². The maximum Gasteiger partial charge on any atom is 0.498 e. The lowest BCUT2D eigenvalue weighted by Crippen LogP contribution is -2.41. The van der Waals surface area contributed by atoms with Crippen LogP contribution in [-0.2, 0) is 15.9 Å². The molecule has 1 aliphatic rings. The third kappa shape index (κ3) is 2.73. The zero-order valence-electron chi connectivity index (χ0n) is 12.4. The number of benzene rings is 1. The van der Waals surface area contributed by atoms with E-state index in [2.05, 4.69) is 0 Å². The Balaban J connectivity index is 2.54. The predicted octanol–water partition coefficient (Wildman–Crippen LogP) is 2.00. The Morgan fingerprint density at radius 1 is 1.29 bits per heavy atom. The molecular weight excluding hydrogens is 297 g/mol. The molecule has 7 heteroatoms. The molecule has 1 fully saturated rings. The molecule has 1 aromatic rings. The van der Waals surface area contributed by atoms with Crippen molar-refractivity contribution in [1.29, 1.82) is 0 Å². The molecule has 2 rings (SSSR count). The second kappa shape index (κ2) is 5.36. The smallest absolute Gasteiger partial charge is 0.399 e. The Bertz CT molecular complexity index is 573. The molecule has 0 unspecified atom stereocenters. The normalized spacial score (nSPS) is 19.9. The number of halogens is 2. The minimum atomic E-state index is -1.01. The van der Waals surface area contributed by atoms with Gasteiger partial charge in [0, 0.05) is 5.46 Å². The fourth-order valence-corrected chi connectivity index (χ4v) is 2.28. The van der Waals surface area contributed by atoms with Crippen LogP contribution in [0.2, 0.25) is 0 Å². The summed E-state index contributed by atoms with van der Waals surface area (Å²) < 4.78 is 26.1. The third-order valence-corrected chi connectivity index (χ3v) is 4.34. The monoisotopic (exact) mass is 314 g/mol. The first-order valence-electron chi connectivity index (χ1n) is 6.58. The Morgan fingerprint density at radius 2 is 1.81 bits per heavy atom. The van der Waals surface area contributed by atoms with Crippen LogP contribution in [0.25, 0.3) is 0 Å². The predicted molar refractivity (Wildman–Crippen MR) is 78.2 cm³/mol. The summed E-state index contributed by atoms with van der Waals surface area (Å²) >= 11 is 5.37. The van der Waals surface area contributed by atoms with Gasteiger partial charge in [-0.25, -0.2) is 4.39 Å². The van der Waals surface area contributed by atoms with Crippen LogP contribution in [0, 0.1) is 5.82 Å². The Hall–Kier alpha value is -0.945. The molecule has 4 nitrogen and oxygen atoms in total. The van der Waals surface area contributed by atoms with Gasteiger partial charge in [-0.3, -0.25) is 4.79 Å². The number of carbonyl (C=O) groups is 1. The van der Waals surface area contributed by atoms with Crippen molar-refractivity contribution in [3.05, 3.63) is 29.1 Å². The fraction of sp³-hybridized carbons (Fsp3) is 0.500. The first-order valence-corrected chi connectivity index (χ1v) is 6.96. The van der Waals surface area contributed by atoms with Crippen molar-refractivity contribution in [3.8, 4) is 0 Å². The molecule has 0 atom stereocenters. The van der Waals surface area contributed by atoms with Crippen LogP contribution in [-0.4, -0.2) is 28.7 Å². The maximum atomic E-state index is 14.5. The summed E-state index contributed by atoms with van der Waals surface area (Å²) in [5.74, 6) is -0.819. The van der Waals surface area contributed by atoms with Crippen molar-refractivity contribution in [3.63, 3.8) is 0 Å². The molecule has 0 amide bonds. The molecule has 21 heavy (non-hydrogen) atoms. The van der Waals surface area contributed by atoms with Crippen LogP contribution in [0.4, 0.5) is 4.39 Å². The van der Waals surface area contributed by atoms with E-state index in [1.165, 1.54) is 12.1 Å². The highest BCUT2D eigenvalue weighted by Gasteiger charge is 2.53. The average molecular weight is 315 g/mol. The Labute approximate surface area is 128 Å². The largest absolute Gasteiger partial charge is 0.498 e. The first-order chi connectivity index (χ1) is 9.60. The molecule has 0 saturated carbocycles. The molecule has 1 saturated heterocycles. The molecule has 0 aliphatic carbocycles.